The van der Waals surface area contributed by atoms with E-state index in [2.05, 4.69) is 5.32 Å². The minimum Gasteiger partial charge on any atom is -0.495 e. The Labute approximate surface area is 207 Å². The maximum atomic E-state index is 14.4. The zero-order valence-corrected chi connectivity index (χ0v) is 20.7. The van der Waals surface area contributed by atoms with Gasteiger partial charge in [-0.25, -0.2) is 13.6 Å². The first-order valence-electron chi connectivity index (χ1n) is 11.4. The number of urea groups is 1. The Kier molecular flexibility index (Phi) is 7.07. The van der Waals surface area contributed by atoms with Gasteiger partial charge in [0.1, 0.15) is 28.7 Å². The van der Waals surface area contributed by atoms with Gasteiger partial charge in [-0.1, -0.05) is 17.7 Å². The summed E-state index contributed by atoms with van der Waals surface area (Å²) in [5.41, 5.74) is 0.0298. The van der Waals surface area contributed by atoms with Gasteiger partial charge in [-0.3, -0.25) is 4.79 Å². The number of ether oxygens (including phenoxy) is 2. The van der Waals surface area contributed by atoms with E-state index in [1.165, 1.54) is 32.1 Å². The monoisotopic (exact) mass is 507 g/mol. The Morgan fingerprint density at radius 1 is 1.00 bits per heavy atom. The van der Waals surface area contributed by atoms with E-state index < -0.39 is 23.1 Å². The zero-order chi connectivity index (χ0) is 25.3. The third kappa shape index (κ3) is 4.87. The largest absolute Gasteiger partial charge is 0.495 e. The Bertz CT molecular complexity index is 1150. The van der Waals surface area contributed by atoms with Gasteiger partial charge in [0.2, 0.25) is 0 Å². The number of piperidine rings is 1. The van der Waals surface area contributed by atoms with Gasteiger partial charge in [0, 0.05) is 32.2 Å². The molecule has 0 unspecified atom stereocenters. The van der Waals surface area contributed by atoms with Crippen LogP contribution in [-0.2, 0) is 0 Å². The molecule has 10 heteroatoms. The van der Waals surface area contributed by atoms with Crippen LogP contribution in [0, 0.1) is 24.0 Å². The standard InChI is InChI=1S/C25H28ClF2N3O4/c1-15-4-5-17(27)21(22(15)28)23(32)30-9-6-25(7-10-30)8-11-31(14-25)24(33)29-18-12-16(26)19(34-2)13-20(18)35-3/h4-5,12-13H,6-11,14H2,1-3H3,(H,29,33). The molecule has 0 bridgehead atoms. The van der Waals surface area contributed by atoms with Gasteiger partial charge in [-0.2, -0.15) is 0 Å². The fourth-order valence-electron chi connectivity index (χ4n) is 4.86. The Morgan fingerprint density at radius 2 is 1.63 bits per heavy atom. The normalized spacial score (nSPS) is 17.0. The molecule has 1 spiro atoms. The van der Waals surface area contributed by atoms with Gasteiger partial charge < -0.3 is 24.6 Å². The first-order chi connectivity index (χ1) is 16.7. The first kappa shape index (κ1) is 25.0. The second-order valence-electron chi connectivity index (χ2n) is 9.13. The summed E-state index contributed by atoms with van der Waals surface area (Å²) in [6.07, 6.45) is 2.08. The fraction of sp³-hybridized carbons (Fsp3) is 0.440. The third-order valence-corrected chi connectivity index (χ3v) is 7.35. The highest BCUT2D eigenvalue weighted by Crippen LogP contribution is 2.42. The van der Waals surface area contributed by atoms with Gasteiger partial charge in [0.25, 0.3) is 5.91 Å². The third-order valence-electron chi connectivity index (χ3n) is 7.05. The lowest BCUT2D eigenvalue weighted by Crippen LogP contribution is -2.45. The Morgan fingerprint density at radius 3 is 2.26 bits per heavy atom. The van der Waals surface area contributed by atoms with Crippen LogP contribution in [0.2, 0.25) is 5.02 Å². The quantitative estimate of drug-likeness (QED) is 0.624. The molecule has 35 heavy (non-hydrogen) atoms. The van der Waals surface area contributed by atoms with Crippen molar-refractivity contribution in [2.45, 2.75) is 26.2 Å². The van der Waals surface area contributed by atoms with Crippen LogP contribution in [0.1, 0.15) is 35.2 Å². The van der Waals surface area contributed by atoms with Crippen molar-refractivity contribution in [2.24, 2.45) is 5.41 Å². The summed E-state index contributed by atoms with van der Waals surface area (Å²) < 4.78 is 39.2. The van der Waals surface area contributed by atoms with E-state index in [-0.39, 0.29) is 17.0 Å². The molecule has 2 aromatic rings. The number of hydrogen-bond acceptors (Lipinski definition) is 4. The van der Waals surface area contributed by atoms with Crippen LogP contribution in [0.4, 0.5) is 19.3 Å². The zero-order valence-electron chi connectivity index (χ0n) is 19.9. The van der Waals surface area contributed by atoms with Crippen molar-refractivity contribution < 1.29 is 27.8 Å². The van der Waals surface area contributed by atoms with E-state index in [0.717, 1.165) is 12.5 Å². The highest BCUT2D eigenvalue weighted by atomic mass is 35.5. The van der Waals surface area contributed by atoms with Crippen LogP contribution >= 0.6 is 11.6 Å². The highest BCUT2D eigenvalue weighted by molar-refractivity contribution is 6.32. The Balaban J connectivity index is 1.39. The minimum absolute atomic E-state index is 0.139. The van der Waals surface area contributed by atoms with Crippen molar-refractivity contribution in [1.29, 1.82) is 0 Å². The number of likely N-dealkylation sites (tertiary alicyclic amines) is 2. The highest BCUT2D eigenvalue weighted by Gasteiger charge is 2.43. The van der Waals surface area contributed by atoms with E-state index >= 15 is 0 Å². The van der Waals surface area contributed by atoms with Crippen LogP contribution in [0.3, 0.4) is 0 Å². The van der Waals surface area contributed by atoms with E-state index in [0.29, 0.717) is 61.2 Å². The lowest BCUT2D eigenvalue weighted by atomic mass is 9.77. The summed E-state index contributed by atoms with van der Waals surface area (Å²) in [6, 6.07) is 5.35. The maximum absolute atomic E-state index is 14.4. The number of nitrogens with zero attached hydrogens (tertiary/aromatic N) is 2. The summed E-state index contributed by atoms with van der Waals surface area (Å²) in [5, 5.41) is 3.21. The molecule has 7 nitrogen and oxygen atoms in total. The van der Waals surface area contributed by atoms with Gasteiger partial charge >= 0.3 is 6.03 Å². The molecule has 2 fully saturated rings. The van der Waals surface area contributed by atoms with Crippen molar-refractivity contribution in [3.8, 4) is 11.5 Å². The predicted molar refractivity (Wildman–Crippen MR) is 128 cm³/mol. The van der Waals surface area contributed by atoms with Crippen LogP contribution in [-0.4, -0.2) is 62.1 Å². The fourth-order valence-corrected chi connectivity index (χ4v) is 5.10. The second kappa shape index (κ2) is 9.89. The average Bonchev–Trinajstić information content (AvgIpc) is 3.26. The van der Waals surface area contributed by atoms with Gasteiger partial charge in [-0.05, 0) is 49.3 Å². The van der Waals surface area contributed by atoms with Crippen LogP contribution in [0.15, 0.2) is 24.3 Å². The van der Waals surface area contributed by atoms with Gasteiger partial charge in [0.05, 0.1) is 24.9 Å². The molecule has 2 saturated heterocycles. The second-order valence-corrected chi connectivity index (χ2v) is 9.54. The number of carbonyl (C=O) groups is 2. The molecule has 3 amide bonds. The maximum Gasteiger partial charge on any atom is 0.321 e. The van der Waals surface area contributed by atoms with E-state index in [9.17, 15) is 18.4 Å². The summed E-state index contributed by atoms with van der Waals surface area (Å²) in [6.45, 7) is 3.35. The van der Waals surface area contributed by atoms with Crippen molar-refractivity contribution in [2.75, 3.05) is 45.7 Å². The number of anilines is 1. The number of amides is 3. The molecule has 2 aliphatic rings. The summed E-state index contributed by atoms with van der Waals surface area (Å²) in [4.78, 5) is 29.1. The van der Waals surface area contributed by atoms with Crippen LogP contribution in [0.25, 0.3) is 0 Å². The van der Waals surface area contributed by atoms with Crippen molar-refractivity contribution in [1.82, 2.24) is 9.80 Å². The SMILES string of the molecule is COc1cc(OC)c(NC(=O)N2CCC3(CCN(C(=O)c4c(F)ccc(C)c4F)CC3)C2)cc1Cl. The smallest absolute Gasteiger partial charge is 0.321 e. The molecule has 2 aromatic carbocycles. The molecule has 0 saturated carbocycles. The Hall–Kier alpha value is -3.07. The van der Waals surface area contributed by atoms with Gasteiger partial charge in [0.15, 0.2) is 0 Å². The van der Waals surface area contributed by atoms with E-state index in [1.54, 1.807) is 17.0 Å². The number of carbonyl (C=O) groups excluding carboxylic acids is 2. The first-order valence-corrected chi connectivity index (χ1v) is 11.8. The lowest BCUT2D eigenvalue weighted by molar-refractivity contribution is 0.0585. The summed E-state index contributed by atoms with van der Waals surface area (Å²) in [7, 11) is 2.99. The minimum atomic E-state index is -0.851. The molecule has 0 aliphatic carbocycles. The molecule has 188 valence electrons. The summed E-state index contributed by atoms with van der Waals surface area (Å²) in [5.74, 6) is -1.43. The lowest BCUT2D eigenvalue weighted by Gasteiger charge is -2.39. The molecular formula is C25H28ClF2N3O4. The topological polar surface area (TPSA) is 71.1 Å². The van der Waals surface area contributed by atoms with Crippen LogP contribution in [0.5, 0.6) is 11.5 Å². The van der Waals surface area contributed by atoms with Gasteiger partial charge in [-0.15, -0.1) is 0 Å². The van der Waals surface area contributed by atoms with Crippen molar-refractivity contribution >= 4 is 29.2 Å². The predicted octanol–water partition coefficient (Wildman–Crippen LogP) is 5.10. The molecule has 1 N–H and O–H groups in total. The molecule has 4 rings (SSSR count). The summed E-state index contributed by atoms with van der Waals surface area (Å²) >= 11 is 6.21. The van der Waals surface area contributed by atoms with Crippen LogP contribution < -0.4 is 14.8 Å². The molecule has 0 atom stereocenters. The number of methoxy groups -OCH3 is 2. The number of halogens is 3. The average molecular weight is 508 g/mol. The van der Waals surface area contributed by atoms with Crippen molar-refractivity contribution in [3.63, 3.8) is 0 Å². The molecule has 0 aromatic heterocycles. The number of nitrogens with one attached hydrogen (secondary N) is 1. The van der Waals surface area contributed by atoms with E-state index in [4.69, 9.17) is 21.1 Å². The molecule has 0 radical (unpaired) electrons. The number of rotatable bonds is 4. The van der Waals surface area contributed by atoms with E-state index in [1.807, 2.05) is 0 Å². The number of aryl methyl sites for hydroxylation is 1. The van der Waals surface area contributed by atoms with Crippen molar-refractivity contribution in [3.05, 3.63) is 52.0 Å². The molecule has 2 heterocycles. The molecular weight excluding hydrogens is 480 g/mol. The number of hydrogen-bond donors (Lipinski definition) is 1. The number of benzene rings is 2. The molecule has 2 aliphatic heterocycles.